The molecule has 11 heavy (non-hydrogen) atoms. The molecule has 0 aromatic heterocycles. The van der Waals surface area contributed by atoms with Crippen LogP contribution in [0.15, 0.2) is 12.0 Å². The van der Waals surface area contributed by atoms with Gasteiger partial charge in [-0.2, -0.15) is 0 Å². The number of hydrogen-bond acceptors (Lipinski definition) is 5. The molecule has 1 fully saturated rings. The van der Waals surface area contributed by atoms with Crippen LogP contribution in [-0.2, 0) is 4.74 Å². The molecular formula is C6H10O5. The van der Waals surface area contributed by atoms with Gasteiger partial charge in [-0.05, 0) is 0 Å². The molecule has 5 heteroatoms. The summed E-state index contributed by atoms with van der Waals surface area (Å²) in [6.45, 7) is -0.120. The fraction of sp³-hybridized carbons (Fsp3) is 0.667. The molecule has 0 spiro atoms. The first-order chi connectivity index (χ1) is 5.16. The predicted octanol–water partition coefficient (Wildman–Crippen LogP) is -1.50. The maximum atomic E-state index is 9.04. The molecule has 5 nitrogen and oxygen atoms in total. The third kappa shape index (κ3) is 1.45. The van der Waals surface area contributed by atoms with Gasteiger partial charge in [0.05, 0.1) is 0 Å². The monoisotopic (exact) mass is 162 g/mol. The van der Waals surface area contributed by atoms with Crippen LogP contribution in [0.3, 0.4) is 0 Å². The van der Waals surface area contributed by atoms with Gasteiger partial charge < -0.3 is 25.2 Å². The van der Waals surface area contributed by atoms with Gasteiger partial charge in [-0.3, -0.25) is 0 Å². The lowest BCUT2D eigenvalue weighted by molar-refractivity contribution is -0.121. The second kappa shape index (κ2) is 3.08. The minimum atomic E-state index is -1.34. The summed E-state index contributed by atoms with van der Waals surface area (Å²) >= 11 is 0. The largest absolute Gasteiger partial charge is 0.512 e. The quantitative estimate of drug-likeness (QED) is 0.325. The molecule has 4 N–H and O–H groups in total. The Kier molecular flexibility index (Phi) is 2.33. The third-order valence-electron chi connectivity index (χ3n) is 1.56. The molecule has 1 aliphatic heterocycles. The molecule has 1 aliphatic rings. The number of rotatable bonds is 0. The van der Waals surface area contributed by atoms with E-state index >= 15 is 0 Å². The van der Waals surface area contributed by atoms with E-state index in [1.807, 2.05) is 0 Å². The van der Waals surface area contributed by atoms with E-state index in [1.54, 1.807) is 0 Å². The molecule has 64 valence electrons. The Bertz CT molecular complexity index is 166. The van der Waals surface area contributed by atoms with E-state index in [4.69, 9.17) is 20.4 Å². The first-order valence-electron chi connectivity index (χ1n) is 3.18. The van der Waals surface area contributed by atoms with Crippen LogP contribution in [0.5, 0.6) is 0 Å². The van der Waals surface area contributed by atoms with Gasteiger partial charge in [-0.25, -0.2) is 0 Å². The molecule has 0 aliphatic carbocycles. The Morgan fingerprint density at radius 3 is 2.55 bits per heavy atom. The van der Waals surface area contributed by atoms with Crippen LogP contribution in [0, 0.1) is 0 Å². The van der Waals surface area contributed by atoms with Gasteiger partial charge in [-0.1, -0.05) is 0 Å². The van der Waals surface area contributed by atoms with E-state index in [9.17, 15) is 0 Å². The highest BCUT2D eigenvalue weighted by Gasteiger charge is 2.34. The van der Waals surface area contributed by atoms with Crippen LogP contribution >= 0.6 is 0 Å². The standard InChI is InChI=1S/C6H10O5/c7-1-4-6(10)5(9)3(8)2-11-4/h1,3,5-10H,2H2/t3-,5-,6+/m1/s1. The summed E-state index contributed by atoms with van der Waals surface area (Å²) in [7, 11) is 0. The smallest absolute Gasteiger partial charge is 0.161 e. The second-order valence-electron chi connectivity index (χ2n) is 2.35. The molecule has 1 rings (SSSR count). The minimum Gasteiger partial charge on any atom is -0.512 e. The Balaban J connectivity index is 2.67. The van der Waals surface area contributed by atoms with Gasteiger partial charge >= 0.3 is 0 Å². The highest BCUT2D eigenvalue weighted by Crippen LogP contribution is 2.17. The van der Waals surface area contributed by atoms with Crippen LogP contribution in [-0.4, -0.2) is 45.3 Å². The summed E-state index contributed by atoms with van der Waals surface area (Å²) in [5, 5.41) is 35.4. The van der Waals surface area contributed by atoms with Gasteiger partial charge in [0.25, 0.3) is 0 Å². The Labute approximate surface area is 63.2 Å². The Morgan fingerprint density at radius 2 is 2.00 bits per heavy atom. The zero-order valence-electron chi connectivity index (χ0n) is 5.71. The minimum absolute atomic E-state index is 0.120. The second-order valence-corrected chi connectivity index (χ2v) is 2.35. The predicted molar refractivity (Wildman–Crippen MR) is 34.7 cm³/mol. The fourth-order valence-corrected chi connectivity index (χ4v) is 0.858. The van der Waals surface area contributed by atoms with Gasteiger partial charge in [0.1, 0.15) is 31.2 Å². The van der Waals surface area contributed by atoms with Crippen LogP contribution in [0.25, 0.3) is 0 Å². The van der Waals surface area contributed by atoms with Gasteiger partial charge in [0.2, 0.25) is 0 Å². The topological polar surface area (TPSA) is 90.2 Å². The maximum absolute atomic E-state index is 9.04. The molecule has 3 atom stereocenters. The van der Waals surface area contributed by atoms with Crippen LogP contribution < -0.4 is 0 Å². The lowest BCUT2D eigenvalue weighted by atomic mass is 10.0. The SMILES string of the molecule is OC=C1OC[C@@H](O)[C@@H](O)[C@H]1O. The molecule has 0 aromatic rings. The molecular weight excluding hydrogens is 152 g/mol. The molecule has 0 aromatic carbocycles. The van der Waals surface area contributed by atoms with E-state index in [0.29, 0.717) is 6.26 Å². The number of hydrogen-bond donors (Lipinski definition) is 4. The summed E-state index contributed by atoms with van der Waals surface area (Å²) in [5.41, 5.74) is 0. The summed E-state index contributed by atoms with van der Waals surface area (Å²) in [4.78, 5) is 0. The molecule has 0 saturated carbocycles. The zero-order chi connectivity index (χ0) is 8.43. The summed E-state index contributed by atoms with van der Waals surface area (Å²) in [5.74, 6) is -0.122. The molecule has 1 saturated heterocycles. The lowest BCUT2D eigenvalue weighted by Crippen LogP contribution is -2.46. The van der Waals surface area contributed by atoms with Crippen molar-refractivity contribution in [3.05, 3.63) is 12.0 Å². The first kappa shape index (κ1) is 8.32. The number of ether oxygens (including phenoxy) is 1. The normalized spacial score (nSPS) is 42.1. The van der Waals surface area contributed by atoms with Crippen molar-refractivity contribution < 1.29 is 25.2 Å². The maximum Gasteiger partial charge on any atom is 0.161 e. The van der Waals surface area contributed by atoms with Crippen molar-refractivity contribution in [2.45, 2.75) is 18.3 Å². The highest BCUT2D eigenvalue weighted by atomic mass is 16.5. The fourth-order valence-electron chi connectivity index (χ4n) is 0.858. The van der Waals surface area contributed by atoms with Crippen LogP contribution in [0.4, 0.5) is 0 Å². The molecule has 1 heterocycles. The van der Waals surface area contributed by atoms with E-state index in [-0.39, 0.29) is 12.4 Å². The van der Waals surface area contributed by atoms with Crippen molar-refractivity contribution in [1.82, 2.24) is 0 Å². The molecule has 0 bridgehead atoms. The highest BCUT2D eigenvalue weighted by molar-refractivity contribution is 5.03. The van der Waals surface area contributed by atoms with Crippen LogP contribution in [0.2, 0.25) is 0 Å². The van der Waals surface area contributed by atoms with Crippen LogP contribution in [0.1, 0.15) is 0 Å². The first-order valence-corrected chi connectivity index (χ1v) is 3.18. The van der Waals surface area contributed by atoms with E-state index in [0.717, 1.165) is 0 Å². The van der Waals surface area contributed by atoms with E-state index in [1.165, 1.54) is 0 Å². The number of aliphatic hydroxyl groups excluding tert-OH is 4. The van der Waals surface area contributed by atoms with E-state index < -0.39 is 18.3 Å². The lowest BCUT2D eigenvalue weighted by Gasteiger charge is -2.29. The van der Waals surface area contributed by atoms with Gasteiger partial charge in [0.15, 0.2) is 5.76 Å². The zero-order valence-corrected chi connectivity index (χ0v) is 5.71. The van der Waals surface area contributed by atoms with Crippen molar-refractivity contribution in [3.8, 4) is 0 Å². The Morgan fingerprint density at radius 1 is 1.36 bits per heavy atom. The van der Waals surface area contributed by atoms with Crippen molar-refractivity contribution in [2.75, 3.05) is 6.61 Å². The Hall–Kier alpha value is -0.780. The average Bonchev–Trinajstić information content (AvgIpc) is 2.01. The third-order valence-corrected chi connectivity index (χ3v) is 1.56. The molecule has 0 amide bonds. The average molecular weight is 162 g/mol. The van der Waals surface area contributed by atoms with Gasteiger partial charge in [-0.15, -0.1) is 0 Å². The van der Waals surface area contributed by atoms with Crippen molar-refractivity contribution in [2.24, 2.45) is 0 Å². The summed E-state index contributed by atoms with van der Waals surface area (Å²) < 4.78 is 4.67. The van der Waals surface area contributed by atoms with Crippen molar-refractivity contribution in [1.29, 1.82) is 0 Å². The van der Waals surface area contributed by atoms with E-state index in [2.05, 4.69) is 4.74 Å². The van der Waals surface area contributed by atoms with Crippen molar-refractivity contribution >= 4 is 0 Å². The molecule has 0 radical (unpaired) electrons. The summed E-state index contributed by atoms with van der Waals surface area (Å²) in [6, 6.07) is 0. The number of aliphatic hydroxyl groups is 4. The summed E-state index contributed by atoms with van der Waals surface area (Å²) in [6.07, 6.45) is -3.17. The van der Waals surface area contributed by atoms with Gasteiger partial charge in [0, 0.05) is 0 Å². The van der Waals surface area contributed by atoms with Crippen molar-refractivity contribution in [3.63, 3.8) is 0 Å². The molecule has 0 unspecified atom stereocenters.